The van der Waals surface area contributed by atoms with E-state index in [2.05, 4.69) is 9.88 Å². The van der Waals surface area contributed by atoms with Crippen LogP contribution in [0.5, 0.6) is 0 Å². The number of ketones is 1. The first-order valence-corrected chi connectivity index (χ1v) is 9.80. The first-order chi connectivity index (χ1) is 13.6. The van der Waals surface area contributed by atoms with Gasteiger partial charge in [-0.25, -0.2) is 4.98 Å². The van der Waals surface area contributed by atoms with Crippen LogP contribution in [0.1, 0.15) is 39.6 Å². The van der Waals surface area contributed by atoms with Crippen LogP contribution in [0.3, 0.4) is 0 Å². The molecule has 0 saturated carbocycles. The van der Waals surface area contributed by atoms with Crippen molar-refractivity contribution in [1.82, 2.24) is 19.4 Å². The minimum atomic E-state index is -0.210. The maximum atomic E-state index is 12.9. The Morgan fingerprint density at radius 3 is 2.82 bits per heavy atom. The highest BCUT2D eigenvalue weighted by molar-refractivity contribution is 5.97. The van der Waals surface area contributed by atoms with Gasteiger partial charge in [-0.2, -0.15) is 0 Å². The van der Waals surface area contributed by atoms with Crippen molar-refractivity contribution in [1.29, 1.82) is 0 Å². The monoisotopic (exact) mass is 386 g/mol. The van der Waals surface area contributed by atoms with Gasteiger partial charge >= 0.3 is 0 Å². The van der Waals surface area contributed by atoms with Crippen molar-refractivity contribution in [3.8, 4) is 0 Å². The van der Waals surface area contributed by atoms with Crippen LogP contribution < -0.4 is 0 Å². The molecule has 150 valence electrons. The zero-order chi connectivity index (χ0) is 19.5. The van der Waals surface area contributed by atoms with Crippen LogP contribution >= 0.6 is 0 Å². The fourth-order valence-corrected chi connectivity index (χ4v) is 3.90. The number of ether oxygens (including phenoxy) is 1. The Bertz CT molecular complexity index is 837. The van der Waals surface area contributed by atoms with Crippen LogP contribution in [0.4, 0.5) is 0 Å². The molecule has 8 nitrogen and oxygen atoms in total. The fraction of sp³-hybridized carbons (Fsp3) is 0.550. The highest BCUT2D eigenvalue weighted by atomic mass is 16.5. The first-order valence-electron chi connectivity index (χ1n) is 9.80. The smallest absolute Gasteiger partial charge is 0.257 e. The number of aryl methyl sites for hydroxylation is 1. The summed E-state index contributed by atoms with van der Waals surface area (Å²) in [5.74, 6) is 0.955. The second-order valence-corrected chi connectivity index (χ2v) is 7.51. The average Bonchev–Trinajstić information content (AvgIpc) is 3.37. The molecule has 2 aromatic rings. The third kappa shape index (κ3) is 4.02. The quantitative estimate of drug-likeness (QED) is 0.726. The van der Waals surface area contributed by atoms with Crippen LogP contribution in [0.2, 0.25) is 0 Å². The van der Waals surface area contributed by atoms with E-state index in [0.29, 0.717) is 31.0 Å². The third-order valence-corrected chi connectivity index (χ3v) is 5.50. The molecule has 0 N–H and O–H groups in total. The summed E-state index contributed by atoms with van der Waals surface area (Å²) in [6.45, 7) is 4.95. The number of Topliss-reactive ketones (excluding diaryl/α,β-unsaturated/α-hetero) is 1. The zero-order valence-corrected chi connectivity index (χ0v) is 16.2. The summed E-state index contributed by atoms with van der Waals surface area (Å²) in [6.07, 6.45) is 6.51. The number of carbonyl (C=O) groups is 2. The van der Waals surface area contributed by atoms with Crippen molar-refractivity contribution in [2.45, 2.75) is 19.4 Å². The third-order valence-electron chi connectivity index (χ3n) is 5.50. The average molecular weight is 386 g/mol. The zero-order valence-electron chi connectivity index (χ0n) is 16.2. The number of rotatable bonds is 5. The lowest BCUT2D eigenvalue weighted by Gasteiger charge is -2.31. The molecular weight excluding hydrogens is 360 g/mol. The van der Waals surface area contributed by atoms with E-state index in [1.165, 1.54) is 6.26 Å². The van der Waals surface area contributed by atoms with Gasteiger partial charge in [0.1, 0.15) is 12.0 Å². The van der Waals surface area contributed by atoms with Gasteiger partial charge in [0.25, 0.3) is 5.91 Å². The summed E-state index contributed by atoms with van der Waals surface area (Å²) in [5, 5.41) is 0. The van der Waals surface area contributed by atoms with E-state index in [1.807, 2.05) is 13.1 Å². The number of morpholine rings is 1. The van der Waals surface area contributed by atoms with E-state index in [1.54, 1.807) is 21.9 Å². The number of carbonyl (C=O) groups excluding carboxylic acids is 2. The molecule has 4 rings (SSSR count). The molecule has 2 fully saturated rings. The number of hydrogen-bond acceptors (Lipinski definition) is 6. The van der Waals surface area contributed by atoms with Crippen LogP contribution in [0.25, 0.3) is 0 Å². The molecule has 4 heterocycles. The molecule has 2 saturated heterocycles. The van der Waals surface area contributed by atoms with Crippen molar-refractivity contribution in [3.63, 3.8) is 0 Å². The van der Waals surface area contributed by atoms with Crippen molar-refractivity contribution in [3.05, 3.63) is 41.9 Å². The van der Waals surface area contributed by atoms with Gasteiger partial charge in [0.05, 0.1) is 25.3 Å². The molecule has 0 aromatic carbocycles. The molecule has 1 amide bonds. The van der Waals surface area contributed by atoms with Crippen LogP contribution in [0, 0.1) is 5.92 Å². The number of aromatic nitrogens is 2. The van der Waals surface area contributed by atoms with Gasteiger partial charge in [0.15, 0.2) is 5.82 Å². The van der Waals surface area contributed by atoms with E-state index in [4.69, 9.17) is 9.15 Å². The molecule has 0 unspecified atom stereocenters. The summed E-state index contributed by atoms with van der Waals surface area (Å²) < 4.78 is 12.7. The molecular formula is C20H26N4O4. The fourth-order valence-electron chi connectivity index (χ4n) is 3.90. The molecule has 2 aliphatic rings. The molecule has 28 heavy (non-hydrogen) atoms. The van der Waals surface area contributed by atoms with Gasteiger partial charge in [-0.3, -0.25) is 14.5 Å². The normalized spacial score (nSPS) is 21.0. The van der Waals surface area contributed by atoms with Gasteiger partial charge in [-0.05, 0) is 18.9 Å². The number of likely N-dealkylation sites (tertiary alicyclic amines) is 1. The highest BCUT2D eigenvalue weighted by Crippen LogP contribution is 2.23. The van der Waals surface area contributed by atoms with Crippen LogP contribution in [0.15, 0.2) is 29.1 Å². The summed E-state index contributed by atoms with van der Waals surface area (Å²) in [7, 11) is 1.81. The van der Waals surface area contributed by atoms with Gasteiger partial charge in [0.2, 0.25) is 5.78 Å². The maximum absolute atomic E-state index is 12.9. The Morgan fingerprint density at radius 2 is 2.07 bits per heavy atom. The van der Waals surface area contributed by atoms with E-state index in [0.717, 1.165) is 44.9 Å². The SMILES string of the molecule is Cn1ccnc1C(=O)[C@@H]1CCCN(C(=O)c2coc(CN3CCOCC3)c2)C1. The Labute approximate surface area is 164 Å². The predicted molar refractivity (Wildman–Crippen MR) is 101 cm³/mol. The maximum Gasteiger partial charge on any atom is 0.257 e. The predicted octanol–water partition coefficient (Wildman–Crippen LogP) is 1.58. The number of furan rings is 1. The summed E-state index contributed by atoms with van der Waals surface area (Å²) in [4.78, 5) is 33.9. The minimum absolute atomic E-state index is 0.00481. The number of amides is 1. The molecule has 0 bridgehead atoms. The van der Waals surface area contributed by atoms with Crippen LogP contribution in [-0.4, -0.2) is 70.4 Å². The van der Waals surface area contributed by atoms with E-state index in [9.17, 15) is 9.59 Å². The topological polar surface area (TPSA) is 80.8 Å². The van der Waals surface area contributed by atoms with Gasteiger partial charge in [-0.1, -0.05) is 0 Å². The number of piperidine rings is 1. The standard InChI is InChI=1S/C20H26N4O4/c1-22-6-4-21-19(22)18(25)15-3-2-5-24(12-15)20(26)16-11-17(28-14-16)13-23-7-9-27-10-8-23/h4,6,11,14-15H,2-3,5,7-10,12-13H2,1H3/t15-/m1/s1. The van der Waals surface area contributed by atoms with Crippen molar-refractivity contribution in [2.75, 3.05) is 39.4 Å². The molecule has 2 aromatic heterocycles. The highest BCUT2D eigenvalue weighted by Gasteiger charge is 2.31. The Hall–Kier alpha value is -2.45. The number of imidazole rings is 1. The molecule has 1 atom stereocenters. The van der Waals surface area contributed by atoms with Gasteiger partial charge < -0.3 is 18.6 Å². The largest absolute Gasteiger partial charge is 0.467 e. The summed E-state index contributed by atoms with van der Waals surface area (Å²) in [6, 6.07) is 1.82. The van der Waals surface area contributed by atoms with Gasteiger partial charge in [0, 0.05) is 51.5 Å². The lowest BCUT2D eigenvalue weighted by Crippen LogP contribution is -2.42. The molecule has 0 radical (unpaired) electrons. The Kier molecular flexibility index (Phi) is 5.59. The Balaban J connectivity index is 1.39. The minimum Gasteiger partial charge on any atom is -0.467 e. The lowest BCUT2D eigenvalue weighted by atomic mass is 9.93. The van der Waals surface area contributed by atoms with Crippen LogP contribution in [-0.2, 0) is 18.3 Å². The van der Waals surface area contributed by atoms with Gasteiger partial charge in [-0.15, -0.1) is 0 Å². The van der Waals surface area contributed by atoms with Crippen molar-refractivity contribution >= 4 is 11.7 Å². The molecule has 2 aliphatic heterocycles. The number of hydrogen-bond donors (Lipinski definition) is 0. The molecule has 0 spiro atoms. The second-order valence-electron chi connectivity index (χ2n) is 7.51. The van der Waals surface area contributed by atoms with E-state index < -0.39 is 0 Å². The first kappa shape index (κ1) is 18.9. The Morgan fingerprint density at radius 1 is 1.25 bits per heavy atom. The van der Waals surface area contributed by atoms with Crippen molar-refractivity contribution < 1.29 is 18.7 Å². The lowest BCUT2D eigenvalue weighted by molar-refractivity contribution is 0.0313. The van der Waals surface area contributed by atoms with E-state index >= 15 is 0 Å². The summed E-state index contributed by atoms with van der Waals surface area (Å²) in [5.41, 5.74) is 0.549. The van der Waals surface area contributed by atoms with Crippen molar-refractivity contribution in [2.24, 2.45) is 13.0 Å². The number of nitrogens with zero attached hydrogens (tertiary/aromatic N) is 4. The molecule has 0 aliphatic carbocycles. The van der Waals surface area contributed by atoms with E-state index in [-0.39, 0.29) is 17.6 Å². The molecule has 8 heteroatoms. The second kappa shape index (κ2) is 8.28. The summed E-state index contributed by atoms with van der Waals surface area (Å²) >= 11 is 0.